The highest BCUT2D eigenvalue weighted by Crippen LogP contribution is 2.45. The third-order valence-corrected chi connectivity index (χ3v) is 7.43. The molecule has 4 rings (SSSR count). The average Bonchev–Trinajstić information content (AvgIpc) is 3.39. The Morgan fingerprint density at radius 2 is 1.79 bits per heavy atom. The molecule has 0 amide bonds. The first-order valence-electron chi connectivity index (χ1n) is 12.4. The molecule has 1 aliphatic rings. The predicted octanol–water partition coefficient (Wildman–Crippen LogP) is 3.27. The first-order valence-corrected chi connectivity index (χ1v) is 13.9. The van der Waals surface area contributed by atoms with Crippen LogP contribution in [0, 0.1) is 6.92 Å². The zero-order valence-electron chi connectivity index (χ0n) is 21.5. The highest BCUT2D eigenvalue weighted by molar-refractivity contribution is 7.52. The zero-order valence-corrected chi connectivity index (χ0v) is 22.4. The van der Waals surface area contributed by atoms with Gasteiger partial charge in [0.15, 0.2) is 6.23 Å². The van der Waals surface area contributed by atoms with Crippen molar-refractivity contribution in [3.8, 4) is 5.75 Å². The topological polar surface area (TPSA) is 138 Å². The van der Waals surface area contributed by atoms with E-state index in [1.54, 1.807) is 49.4 Å². The molecule has 0 saturated carbocycles. The second-order valence-electron chi connectivity index (χ2n) is 8.88. The minimum atomic E-state index is -4.09. The predicted molar refractivity (Wildman–Crippen MR) is 143 cm³/mol. The number of nitrogens with zero attached hydrogens (tertiary/aromatic N) is 1. The Hall–Kier alpha value is -3.76. The van der Waals surface area contributed by atoms with Crippen LogP contribution in [0.3, 0.4) is 0 Å². The van der Waals surface area contributed by atoms with Crippen LogP contribution in [0.4, 0.5) is 0 Å². The van der Waals surface area contributed by atoms with E-state index in [4.69, 9.17) is 18.5 Å². The summed E-state index contributed by atoms with van der Waals surface area (Å²) in [5.74, 6) is -0.342. The Labute approximate surface area is 225 Å². The van der Waals surface area contributed by atoms with Gasteiger partial charge in [-0.25, -0.2) is 9.36 Å². The van der Waals surface area contributed by atoms with Gasteiger partial charge in [-0.05, 0) is 37.6 Å². The highest BCUT2D eigenvalue weighted by atomic mass is 31.2. The van der Waals surface area contributed by atoms with Gasteiger partial charge in [-0.1, -0.05) is 54.6 Å². The molecule has 0 bridgehead atoms. The SMILES string of the molecule is Cc1cn([C@H]2C=C[C@@H](COP(=O)(NC(C)C(=O)OCCc3ccccc3)Oc3ccccc3)O2)c(=O)[nH]c1=O. The van der Waals surface area contributed by atoms with Crippen molar-refractivity contribution in [1.82, 2.24) is 14.6 Å². The largest absolute Gasteiger partial charge is 0.464 e. The number of rotatable bonds is 12. The Bertz CT molecular complexity index is 1460. The normalized spacial score (nSPS) is 18.8. The summed E-state index contributed by atoms with van der Waals surface area (Å²) in [5.41, 5.74) is 0.271. The van der Waals surface area contributed by atoms with E-state index in [1.807, 2.05) is 30.3 Å². The van der Waals surface area contributed by atoms with Gasteiger partial charge in [-0.3, -0.25) is 23.7 Å². The van der Waals surface area contributed by atoms with Gasteiger partial charge in [-0.2, -0.15) is 5.09 Å². The summed E-state index contributed by atoms with van der Waals surface area (Å²) < 4.78 is 37.4. The maximum Gasteiger partial charge on any atom is 0.459 e. The molecular weight excluding hydrogens is 525 g/mol. The first-order chi connectivity index (χ1) is 18.7. The Balaban J connectivity index is 1.37. The molecular formula is C27H30N3O8P. The quantitative estimate of drug-likeness (QED) is 0.196. The van der Waals surface area contributed by atoms with Crippen LogP contribution in [0.15, 0.2) is 88.6 Å². The smallest absolute Gasteiger partial charge is 0.459 e. The number of aryl methyl sites for hydroxylation is 1. The molecule has 4 atom stereocenters. The second kappa shape index (κ2) is 12.9. The number of hydrogen-bond acceptors (Lipinski definition) is 8. The van der Waals surface area contributed by atoms with E-state index >= 15 is 0 Å². The van der Waals surface area contributed by atoms with Crippen LogP contribution in [0.25, 0.3) is 0 Å². The Morgan fingerprint density at radius 3 is 2.51 bits per heavy atom. The van der Waals surface area contributed by atoms with Gasteiger partial charge < -0.3 is 14.0 Å². The number of ether oxygens (including phenoxy) is 2. The standard InChI is InChI=1S/C27H30N3O8P/c1-19-17-30(27(33)28-25(19)31)24-14-13-23(37-24)18-36-39(34,38-22-11-7-4-8-12-22)29-20(2)26(32)35-16-15-21-9-5-3-6-10-21/h3-14,17,20,23-24H,15-16,18H2,1-2H3,(H,29,34)(H,28,31,33)/t20?,23-,24+,39?/m0/s1. The highest BCUT2D eigenvalue weighted by Gasteiger charge is 2.34. The van der Waals surface area contributed by atoms with Crippen LogP contribution in [0.5, 0.6) is 5.75 Å². The number of carbonyl (C=O) groups is 1. The van der Waals surface area contributed by atoms with Crippen molar-refractivity contribution < 1.29 is 27.9 Å². The number of carbonyl (C=O) groups excluding carboxylic acids is 1. The van der Waals surface area contributed by atoms with Crippen LogP contribution >= 0.6 is 7.75 Å². The number of hydrogen-bond donors (Lipinski definition) is 2. The third-order valence-electron chi connectivity index (χ3n) is 5.79. The van der Waals surface area contributed by atoms with Crippen molar-refractivity contribution in [2.24, 2.45) is 0 Å². The van der Waals surface area contributed by atoms with E-state index in [1.165, 1.54) is 17.7 Å². The molecule has 2 unspecified atom stereocenters. The number of para-hydroxylation sites is 1. The fraction of sp³-hybridized carbons (Fsp3) is 0.296. The molecule has 2 N–H and O–H groups in total. The first kappa shape index (κ1) is 28.3. The second-order valence-corrected chi connectivity index (χ2v) is 10.6. The summed E-state index contributed by atoms with van der Waals surface area (Å²) in [6, 6.07) is 17.0. The van der Waals surface area contributed by atoms with Crippen LogP contribution in [0.2, 0.25) is 0 Å². The summed E-state index contributed by atoms with van der Waals surface area (Å²) in [7, 11) is -4.09. The Morgan fingerprint density at radius 1 is 1.10 bits per heavy atom. The molecule has 1 aromatic heterocycles. The fourth-order valence-electron chi connectivity index (χ4n) is 3.73. The van der Waals surface area contributed by atoms with Crippen molar-refractivity contribution in [2.45, 2.75) is 38.6 Å². The summed E-state index contributed by atoms with van der Waals surface area (Å²) in [6.45, 7) is 3.02. The summed E-state index contributed by atoms with van der Waals surface area (Å²) in [4.78, 5) is 38.7. The van der Waals surface area contributed by atoms with Gasteiger partial charge in [0.05, 0.1) is 13.2 Å². The number of benzene rings is 2. The number of aromatic amines is 1. The number of aromatic nitrogens is 2. The maximum absolute atomic E-state index is 13.7. The van der Waals surface area contributed by atoms with E-state index in [-0.39, 0.29) is 19.0 Å². The number of esters is 1. The number of H-pyrrole nitrogens is 1. The van der Waals surface area contributed by atoms with Crippen LogP contribution in [-0.4, -0.2) is 40.9 Å². The summed E-state index contributed by atoms with van der Waals surface area (Å²) in [5, 5.41) is 2.64. The summed E-state index contributed by atoms with van der Waals surface area (Å²) in [6.07, 6.45) is 3.73. The molecule has 206 valence electrons. The van der Waals surface area contributed by atoms with E-state index in [0.717, 1.165) is 5.56 Å². The van der Waals surface area contributed by atoms with Gasteiger partial charge in [-0.15, -0.1) is 0 Å². The molecule has 3 aromatic rings. The molecule has 0 fully saturated rings. The Kier molecular flexibility index (Phi) is 9.32. The van der Waals surface area contributed by atoms with Gasteiger partial charge in [0.2, 0.25) is 0 Å². The molecule has 2 aromatic carbocycles. The van der Waals surface area contributed by atoms with Crippen LogP contribution < -0.4 is 20.9 Å². The van der Waals surface area contributed by atoms with Crippen LogP contribution in [0.1, 0.15) is 24.3 Å². The molecule has 0 spiro atoms. The lowest BCUT2D eigenvalue weighted by atomic mass is 10.2. The monoisotopic (exact) mass is 555 g/mol. The minimum Gasteiger partial charge on any atom is -0.464 e. The van der Waals surface area contributed by atoms with Gasteiger partial charge >= 0.3 is 19.4 Å². The van der Waals surface area contributed by atoms with Crippen molar-refractivity contribution >= 4 is 13.7 Å². The molecule has 0 radical (unpaired) electrons. The van der Waals surface area contributed by atoms with E-state index < -0.39 is 43.3 Å². The van der Waals surface area contributed by atoms with Crippen molar-refractivity contribution in [1.29, 1.82) is 0 Å². The van der Waals surface area contributed by atoms with Crippen molar-refractivity contribution in [2.75, 3.05) is 13.2 Å². The van der Waals surface area contributed by atoms with E-state index in [9.17, 15) is 18.9 Å². The maximum atomic E-state index is 13.7. The molecule has 2 heterocycles. The molecule has 11 nitrogen and oxygen atoms in total. The molecule has 0 saturated heterocycles. The average molecular weight is 556 g/mol. The lowest BCUT2D eigenvalue weighted by molar-refractivity contribution is -0.145. The fourth-order valence-corrected chi connectivity index (χ4v) is 5.23. The lowest BCUT2D eigenvalue weighted by Gasteiger charge is -2.24. The van der Waals surface area contributed by atoms with Gasteiger partial charge in [0.25, 0.3) is 5.56 Å². The summed E-state index contributed by atoms with van der Waals surface area (Å²) >= 11 is 0. The van der Waals surface area contributed by atoms with Gasteiger partial charge in [0, 0.05) is 18.2 Å². The molecule has 0 aliphatic carbocycles. The minimum absolute atomic E-state index is 0.158. The molecule has 12 heteroatoms. The van der Waals surface area contributed by atoms with Crippen molar-refractivity contribution in [3.63, 3.8) is 0 Å². The van der Waals surface area contributed by atoms with Crippen LogP contribution in [-0.2, 0) is 29.8 Å². The zero-order chi connectivity index (χ0) is 27.8. The third kappa shape index (κ3) is 7.87. The number of nitrogens with one attached hydrogen (secondary N) is 2. The molecule has 1 aliphatic heterocycles. The van der Waals surface area contributed by atoms with Gasteiger partial charge in [0.1, 0.15) is 17.9 Å². The van der Waals surface area contributed by atoms with E-state index in [0.29, 0.717) is 12.0 Å². The van der Waals surface area contributed by atoms with Crippen molar-refractivity contribution in [3.05, 3.63) is 111 Å². The molecule has 39 heavy (non-hydrogen) atoms. The van der Waals surface area contributed by atoms with E-state index in [2.05, 4.69) is 10.1 Å². The lowest BCUT2D eigenvalue weighted by Crippen LogP contribution is -2.36.